The number of aryl methyl sites for hydroxylation is 1. The third-order valence-corrected chi connectivity index (χ3v) is 6.21. The molecule has 3 atom stereocenters. The summed E-state index contributed by atoms with van der Waals surface area (Å²) in [4.78, 5) is 31.2. The smallest absolute Gasteiger partial charge is 0.289 e. The highest BCUT2D eigenvalue weighted by Gasteiger charge is 2.46. The Morgan fingerprint density at radius 3 is 2.87 bits per heavy atom. The van der Waals surface area contributed by atoms with Crippen LogP contribution in [0.1, 0.15) is 26.5 Å². The van der Waals surface area contributed by atoms with Crippen molar-refractivity contribution < 1.29 is 18.7 Å². The van der Waals surface area contributed by atoms with Crippen LogP contribution in [0, 0.1) is 18.8 Å². The Morgan fingerprint density at radius 2 is 2.07 bits per heavy atom. The van der Waals surface area contributed by atoms with Crippen LogP contribution < -0.4 is 5.32 Å². The molecule has 30 heavy (non-hydrogen) atoms. The van der Waals surface area contributed by atoms with Gasteiger partial charge in [-0.2, -0.15) is 0 Å². The number of carbonyl (C=O) groups is 2. The molecule has 0 saturated carbocycles. The molecule has 2 aliphatic rings. The molecule has 0 spiro atoms. The Labute approximate surface area is 174 Å². The first kappa shape index (κ1) is 18.8. The van der Waals surface area contributed by atoms with Crippen molar-refractivity contribution in [3.8, 4) is 0 Å². The Kier molecular flexibility index (Phi) is 4.75. The molecule has 154 valence electrons. The fourth-order valence-corrected chi connectivity index (χ4v) is 4.52. The summed E-state index contributed by atoms with van der Waals surface area (Å²) >= 11 is 0. The van der Waals surface area contributed by atoms with Gasteiger partial charge in [-0.05, 0) is 25.1 Å². The molecule has 0 radical (unpaired) electrons. The molecule has 4 heterocycles. The number of aromatic nitrogens is 1. The van der Waals surface area contributed by atoms with E-state index in [4.69, 9.17) is 9.15 Å². The van der Waals surface area contributed by atoms with Crippen molar-refractivity contribution in [2.75, 3.05) is 26.2 Å². The van der Waals surface area contributed by atoms with E-state index in [1.165, 1.54) is 0 Å². The standard InChI is InChI=1S/C23H23N3O4/c1-14-17-6-2-3-7-19(17)30-21(14)23(28)26-11-18-16(13-29-20(18)12-26)10-25-22(27)15-5-4-8-24-9-15/h2-9,16,18,20H,10-13H2,1H3,(H,25,27)/t16-,18+,20+/m0/s1. The second-order valence-corrected chi connectivity index (χ2v) is 8.01. The largest absolute Gasteiger partial charge is 0.451 e. The lowest BCUT2D eigenvalue weighted by Gasteiger charge is -2.19. The molecule has 0 bridgehead atoms. The molecule has 2 amide bonds. The zero-order valence-electron chi connectivity index (χ0n) is 16.7. The van der Waals surface area contributed by atoms with Gasteiger partial charge in [0.2, 0.25) is 0 Å². The number of ether oxygens (including phenoxy) is 1. The number of hydrogen-bond donors (Lipinski definition) is 1. The van der Waals surface area contributed by atoms with E-state index in [0.717, 1.165) is 16.5 Å². The normalized spacial score (nSPS) is 23.0. The number of amides is 2. The summed E-state index contributed by atoms with van der Waals surface area (Å²) in [5.74, 6) is 0.533. The second kappa shape index (κ2) is 7.57. The highest BCUT2D eigenvalue weighted by atomic mass is 16.5. The summed E-state index contributed by atoms with van der Waals surface area (Å²) in [6, 6.07) is 11.2. The van der Waals surface area contributed by atoms with E-state index in [-0.39, 0.29) is 29.8 Å². The summed E-state index contributed by atoms with van der Waals surface area (Å²) in [5.41, 5.74) is 2.13. The maximum absolute atomic E-state index is 13.1. The van der Waals surface area contributed by atoms with Gasteiger partial charge in [0, 0.05) is 54.8 Å². The van der Waals surface area contributed by atoms with Gasteiger partial charge in [0.1, 0.15) is 5.58 Å². The fraction of sp³-hybridized carbons (Fsp3) is 0.348. The lowest BCUT2D eigenvalue weighted by molar-refractivity contribution is 0.0650. The molecule has 2 aliphatic heterocycles. The van der Waals surface area contributed by atoms with Gasteiger partial charge in [0.15, 0.2) is 5.76 Å². The molecule has 7 nitrogen and oxygen atoms in total. The summed E-state index contributed by atoms with van der Waals surface area (Å²) in [5, 5.41) is 3.94. The molecular formula is C23H23N3O4. The van der Waals surface area contributed by atoms with Gasteiger partial charge in [-0.15, -0.1) is 0 Å². The van der Waals surface area contributed by atoms with Gasteiger partial charge in [0.05, 0.1) is 18.3 Å². The van der Waals surface area contributed by atoms with Crippen molar-refractivity contribution in [3.63, 3.8) is 0 Å². The fourth-order valence-electron chi connectivity index (χ4n) is 4.52. The van der Waals surface area contributed by atoms with Gasteiger partial charge >= 0.3 is 0 Å². The molecule has 7 heteroatoms. The van der Waals surface area contributed by atoms with E-state index in [1.807, 2.05) is 36.1 Å². The van der Waals surface area contributed by atoms with E-state index in [9.17, 15) is 9.59 Å². The summed E-state index contributed by atoms with van der Waals surface area (Å²) in [6.45, 7) is 4.18. The molecule has 5 rings (SSSR count). The van der Waals surface area contributed by atoms with Crippen LogP contribution in [0.4, 0.5) is 0 Å². The molecule has 1 N–H and O–H groups in total. The number of pyridine rings is 1. The number of fused-ring (bicyclic) bond motifs is 2. The van der Waals surface area contributed by atoms with Crippen molar-refractivity contribution in [3.05, 3.63) is 65.7 Å². The summed E-state index contributed by atoms with van der Waals surface area (Å²) < 4.78 is 11.8. The SMILES string of the molecule is Cc1c(C(=O)N2C[C@@H]3[C@@H](CNC(=O)c4cccnc4)CO[C@@H]3C2)oc2ccccc12. The highest BCUT2D eigenvalue weighted by Crippen LogP contribution is 2.35. The molecule has 0 aliphatic carbocycles. The van der Waals surface area contributed by atoms with Crippen LogP contribution in [0.2, 0.25) is 0 Å². The maximum Gasteiger partial charge on any atom is 0.289 e. The molecule has 2 saturated heterocycles. The number of para-hydroxylation sites is 1. The number of likely N-dealkylation sites (tertiary alicyclic amines) is 1. The Morgan fingerprint density at radius 1 is 1.20 bits per heavy atom. The highest BCUT2D eigenvalue weighted by molar-refractivity contribution is 5.99. The number of carbonyl (C=O) groups excluding carboxylic acids is 2. The number of rotatable bonds is 4. The van der Waals surface area contributed by atoms with E-state index < -0.39 is 0 Å². The first-order valence-electron chi connectivity index (χ1n) is 10.2. The minimum absolute atomic E-state index is 0.000992. The van der Waals surface area contributed by atoms with Crippen LogP contribution in [0.5, 0.6) is 0 Å². The lowest BCUT2D eigenvalue weighted by Crippen LogP contribution is -2.35. The Hall–Kier alpha value is -3.19. The minimum atomic E-state index is -0.143. The summed E-state index contributed by atoms with van der Waals surface area (Å²) in [6.07, 6.45) is 3.19. The van der Waals surface area contributed by atoms with E-state index in [0.29, 0.717) is 37.6 Å². The van der Waals surface area contributed by atoms with E-state index >= 15 is 0 Å². The number of nitrogens with one attached hydrogen (secondary N) is 1. The zero-order chi connectivity index (χ0) is 20.7. The third-order valence-electron chi connectivity index (χ3n) is 6.21. The number of nitrogens with zero attached hydrogens (tertiary/aromatic N) is 2. The molecule has 0 unspecified atom stereocenters. The second-order valence-electron chi connectivity index (χ2n) is 8.01. The minimum Gasteiger partial charge on any atom is -0.451 e. The van der Waals surface area contributed by atoms with E-state index in [2.05, 4.69) is 10.3 Å². The van der Waals surface area contributed by atoms with Gasteiger partial charge in [-0.3, -0.25) is 14.6 Å². The predicted octanol–water partition coefficient (Wildman–Crippen LogP) is 2.65. The van der Waals surface area contributed by atoms with Crippen molar-refractivity contribution >= 4 is 22.8 Å². The Balaban J connectivity index is 1.25. The molecular weight excluding hydrogens is 382 g/mol. The van der Waals surface area contributed by atoms with Crippen LogP contribution in [0.3, 0.4) is 0 Å². The first-order chi connectivity index (χ1) is 14.6. The van der Waals surface area contributed by atoms with Gasteiger partial charge in [0.25, 0.3) is 11.8 Å². The maximum atomic E-state index is 13.1. The predicted molar refractivity (Wildman–Crippen MR) is 110 cm³/mol. The van der Waals surface area contributed by atoms with Crippen LogP contribution in [-0.2, 0) is 4.74 Å². The van der Waals surface area contributed by atoms with Crippen molar-refractivity contribution in [1.82, 2.24) is 15.2 Å². The van der Waals surface area contributed by atoms with Crippen LogP contribution in [0.25, 0.3) is 11.0 Å². The number of benzene rings is 1. The van der Waals surface area contributed by atoms with Crippen LogP contribution in [-0.4, -0.2) is 54.0 Å². The average Bonchev–Trinajstić information content (AvgIpc) is 3.46. The number of hydrogen-bond acceptors (Lipinski definition) is 5. The topological polar surface area (TPSA) is 84.7 Å². The molecule has 2 fully saturated rings. The Bertz CT molecular complexity index is 1090. The van der Waals surface area contributed by atoms with Crippen molar-refractivity contribution in [1.29, 1.82) is 0 Å². The van der Waals surface area contributed by atoms with Crippen molar-refractivity contribution in [2.24, 2.45) is 11.8 Å². The zero-order valence-corrected chi connectivity index (χ0v) is 16.7. The molecule has 1 aromatic carbocycles. The van der Waals surface area contributed by atoms with Crippen LogP contribution >= 0.6 is 0 Å². The third kappa shape index (κ3) is 3.25. The van der Waals surface area contributed by atoms with Gasteiger partial charge < -0.3 is 19.4 Å². The molecule has 3 aromatic rings. The lowest BCUT2D eigenvalue weighted by atomic mass is 9.93. The number of furan rings is 1. The van der Waals surface area contributed by atoms with Crippen molar-refractivity contribution in [2.45, 2.75) is 13.0 Å². The quantitative estimate of drug-likeness (QED) is 0.721. The first-order valence-corrected chi connectivity index (χ1v) is 10.2. The van der Waals surface area contributed by atoms with Gasteiger partial charge in [-0.25, -0.2) is 0 Å². The van der Waals surface area contributed by atoms with Gasteiger partial charge in [-0.1, -0.05) is 18.2 Å². The van der Waals surface area contributed by atoms with E-state index in [1.54, 1.807) is 24.5 Å². The monoisotopic (exact) mass is 405 g/mol. The van der Waals surface area contributed by atoms with Crippen LogP contribution in [0.15, 0.2) is 53.2 Å². The molecule has 2 aromatic heterocycles. The summed E-state index contributed by atoms with van der Waals surface area (Å²) in [7, 11) is 0. The average molecular weight is 405 g/mol.